The molecule has 1 aromatic heterocycles. The zero-order valence-electron chi connectivity index (χ0n) is 8.07. The Labute approximate surface area is 96.1 Å². The molecule has 3 N–H and O–H groups in total. The second kappa shape index (κ2) is 6.36. The van der Waals surface area contributed by atoms with Gasteiger partial charge in [0.2, 0.25) is 0 Å². The van der Waals surface area contributed by atoms with Crippen LogP contribution in [0.5, 0.6) is 0 Å². The Hall–Kier alpha value is -1.14. The number of nitrogens with one attached hydrogen (secondary N) is 1. The SMILES string of the molecule is NC(=O)OCCNCc1cncc(Br)c1. The Balaban J connectivity index is 2.17. The summed E-state index contributed by atoms with van der Waals surface area (Å²) in [7, 11) is 0. The van der Waals surface area contributed by atoms with Crippen molar-refractivity contribution in [3.8, 4) is 0 Å². The molecule has 5 nitrogen and oxygen atoms in total. The van der Waals surface area contributed by atoms with E-state index in [1.54, 1.807) is 12.4 Å². The summed E-state index contributed by atoms with van der Waals surface area (Å²) in [6.07, 6.45) is 2.74. The standard InChI is InChI=1S/C9H12BrN3O2/c10-8-3-7(5-13-6-8)4-12-1-2-15-9(11)14/h3,5-6,12H,1-2,4H2,(H2,11,14). The molecule has 1 heterocycles. The summed E-state index contributed by atoms with van der Waals surface area (Å²) >= 11 is 3.33. The number of carbonyl (C=O) groups is 1. The minimum absolute atomic E-state index is 0.275. The number of ether oxygens (including phenoxy) is 1. The van der Waals surface area contributed by atoms with Gasteiger partial charge in [0.1, 0.15) is 6.61 Å². The maximum Gasteiger partial charge on any atom is 0.404 e. The van der Waals surface area contributed by atoms with E-state index < -0.39 is 6.09 Å². The van der Waals surface area contributed by atoms with E-state index in [1.807, 2.05) is 6.07 Å². The quantitative estimate of drug-likeness (QED) is 0.786. The van der Waals surface area contributed by atoms with E-state index in [9.17, 15) is 4.79 Å². The van der Waals surface area contributed by atoms with Gasteiger partial charge in [-0.3, -0.25) is 4.98 Å². The molecule has 0 aliphatic rings. The Kier molecular flexibility index (Phi) is 5.06. The van der Waals surface area contributed by atoms with Gasteiger partial charge in [-0.15, -0.1) is 0 Å². The molecular weight excluding hydrogens is 262 g/mol. The summed E-state index contributed by atoms with van der Waals surface area (Å²) in [5.74, 6) is 0. The number of rotatable bonds is 5. The van der Waals surface area contributed by atoms with Crippen LogP contribution in [0.15, 0.2) is 22.9 Å². The largest absolute Gasteiger partial charge is 0.448 e. The lowest BCUT2D eigenvalue weighted by Gasteiger charge is -2.04. The molecule has 0 aromatic carbocycles. The highest BCUT2D eigenvalue weighted by molar-refractivity contribution is 9.10. The van der Waals surface area contributed by atoms with Crippen molar-refractivity contribution in [3.63, 3.8) is 0 Å². The average Bonchev–Trinajstić information content (AvgIpc) is 2.17. The number of halogens is 1. The van der Waals surface area contributed by atoms with E-state index in [-0.39, 0.29) is 6.61 Å². The number of nitrogens with two attached hydrogens (primary N) is 1. The number of aromatic nitrogens is 1. The molecule has 0 unspecified atom stereocenters. The Morgan fingerprint density at radius 2 is 2.40 bits per heavy atom. The Morgan fingerprint density at radius 1 is 1.60 bits per heavy atom. The maximum absolute atomic E-state index is 10.2. The summed E-state index contributed by atoms with van der Waals surface area (Å²) in [5.41, 5.74) is 5.86. The van der Waals surface area contributed by atoms with Crippen molar-refractivity contribution in [1.82, 2.24) is 10.3 Å². The van der Waals surface area contributed by atoms with Crippen LogP contribution in [-0.4, -0.2) is 24.2 Å². The minimum atomic E-state index is -0.749. The molecule has 1 rings (SSSR count). The molecule has 0 saturated heterocycles. The van der Waals surface area contributed by atoms with Gasteiger partial charge in [-0.1, -0.05) is 0 Å². The van der Waals surface area contributed by atoms with Gasteiger partial charge < -0.3 is 15.8 Å². The topological polar surface area (TPSA) is 77.2 Å². The van der Waals surface area contributed by atoms with E-state index in [2.05, 4.69) is 31.0 Å². The molecular formula is C9H12BrN3O2. The van der Waals surface area contributed by atoms with Gasteiger partial charge in [0.05, 0.1) is 0 Å². The van der Waals surface area contributed by atoms with Gasteiger partial charge in [0, 0.05) is 30.0 Å². The number of primary amides is 1. The maximum atomic E-state index is 10.2. The lowest BCUT2D eigenvalue weighted by atomic mass is 10.3. The molecule has 82 valence electrons. The predicted octanol–water partition coefficient (Wildman–Crippen LogP) is 1.03. The highest BCUT2D eigenvalue weighted by Crippen LogP contribution is 2.08. The zero-order valence-corrected chi connectivity index (χ0v) is 9.66. The van der Waals surface area contributed by atoms with Gasteiger partial charge in [-0.05, 0) is 27.6 Å². The summed E-state index contributed by atoms with van der Waals surface area (Å²) in [6, 6.07) is 1.97. The summed E-state index contributed by atoms with van der Waals surface area (Å²) in [4.78, 5) is 14.3. The van der Waals surface area contributed by atoms with Crippen molar-refractivity contribution in [3.05, 3.63) is 28.5 Å². The van der Waals surface area contributed by atoms with Crippen LogP contribution in [-0.2, 0) is 11.3 Å². The van der Waals surface area contributed by atoms with Crippen molar-refractivity contribution >= 4 is 22.0 Å². The predicted molar refractivity (Wildman–Crippen MR) is 59.2 cm³/mol. The van der Waals surface area contributed by atoms with Gasteiger partial charge in [-0.2, -0.15) is 0 Å². The average molecular weight is 274 g/mol. The van der Waals surface area contributed by atoms with Crippen molar-refractivity contribution in [2.75, 3.05) is 13.2 Å². The first-order valence-corrected chi connectivity index (χ1v) is 5.20. The first-order chi connectivity index (χ1) is 7.18. The number of hydrogen-bond donors (Lipinski definition) is 2. The summed E-state index contributed by atoms with van der Waals surface area (Å²) < 4.78 is 5.49. The minimum Gasteiger partial charge on any atom is -0.448 e. The van der Waals surface area contributed by atoms with Crippen LogP contribution in [0.25, 0.3) is 0 Å². The van der Waals surface area contributed by atoms with Crippen LogP contribution in [0.1, 0.15) is 5.56 Å². The van der Waals surface area contributed by atoms with Crippen LogP contribution in [0.4, 0.5) is 4.79 Å². The van der Waals surface area contributed by atoms with Crippen molar-refractivity contribution in [2.24, 2.45) is 5.73 Å². The fourth-order valence-corrected chi connectivity index (χ4v) is 1.42. The number of pyridine rings is 1. The highest BCUT2D eigenvalue weighted by Gasteiger charge is 1.95. The Bertz CT molecular complexity index is 333. The number of carbonyl (C=O) groups excluding carboxylic acids is 1. The fraction of sp³-hybridized carbons (Fsp3) is 0.333. The molecule has 0 radical (unpaired) electrons. The van der Waals surface area contributed by atoms with Crippen LogP contribution in [0.3, 0.4) is 0 Å². The molecule has 0 aliphatic heterocycles. The smallest absolute Gasteiger partial charge is 0.404 e. The first-order valence-electron chi connectivity index (χ1n) is 4.41. The number of nitrogens with zero attached hydrogens (tertiary/aromatic N) is 1. The molecule has 1 amide bonds. The molecule has 1 aromatic rings. The summed E-state index contributed by atoms with van der Waals surface area (Å²) in [6.45, 7) is 1.51. The Morgan fingerprint density at radius 3 is 3.07 bits per heavy atom. The normalized spacial score (nSPS) is 9.93. The monoisotopic (exact) mass is 273 g/mol. The summed E-state index contributed by atoms with van der Waals surface area (Å²) in [5, 5.41) is 3.09. The van der Waals surface area contributed by atoms with Gasteiger partial charge in [0.25, 0.3) is 0 Å². The van der Waals surface area contributed by atoms with Gasteiger partial charge >= 0.3 is 6.09 Å². The second-order valence-electron chi connectivity index (χ2n) is 2.86. The first kappa shape index (κ1) is 11.9. The van der Waals surface area contributed by atoms with Crippen LogP contribution in [0, 0.1) is 0 Å². The third-order valence-electron chi connectivity index (χ3n) is 1.61. The van der Waals surface area contributed by atoms with Crippen molar-refractivity contribution in [1.29, 1.82) is 0 Å². The van der Waals surface area contributed by atoms with Crippen LogP contribution in [0.2, 0.25) is 0 Å². The van der Waals surface area contributed by atoms with Crippen molar-refractivity contribution < 1.29 is 9.53 Å². The second-order valence-corrected chi connectivity index (χ2v) is 3.77. The lowest BCUT2D eigenvalue weighted by Crippen LogP contribution is -2.23. The zero-order chi connectivity index (χ0) is 11.1. The van der Waals surface area contributed by atoms with Gasteiger partial charge in [0.15, 0.2) is 0 Å². The van der Waals surface area contributed by atoms with Crippen LogP contribution >= 0.6 is 15.9 Å². The van der Waals surface area contributed by atoms with E-state index in [4.69, 9.17) is 5.73 Å². The molecule has 0 atom stereocenters. The van der Waals surface area contributed by atoms with E-state index in [0.717, 1.165) is 10.0 Å². The van der Waals surface area contributed by atoms with Gasteiger partial charge in [-0.25, -0.2) is 4.79 Å². The van der Waals surface area contributed by atoms with E-state index in [0.29, 0.717) is 13.1 Å². The lowest BCUT2D eigenvalue weighted by molar-refractivity contribution is 0.157. The van der Waals surface area contributed by atoms with E-state index in [1.165, 1.54) is 0 Å². The molecule has 0 aliphatic carbocycles. The molecule has 15 heavy (non-hydrogen) atoms. The molecule has 0 bridgehead atoms. The fourth-order valence-electron chi connectivity index (χ4n) is 1.01. The number of hydrogen-bond acceptors (Lipinski definition) is 4. The van der Waals surface area contributed by atoms with Crippen LogP contribution < -0.4 is 11.1 Å². The highest BCUT2D eigenvalue weighted by atomic mass is 79.9. The molecule has 0 fully saturated rings. The third-order valence-corrected chi connectivity index (χ3v) is 2.05. The number of amides is 1. The van der Waals surface area contributed by atoms with E-state index >= 15 is 0 Å². The molecule has 0 spiro atoms. The third kappa shape index (κ3) is 5.34. The van der Waals surface area contributed by atoms with Crippen molar-refractivity contribution in [2.45, 2.75) is 6.54 Å². The molecule has 6 heteroatoms. The molecule has 0 saturated carbocycles.